The zero-order valence-corrected chi connectivity index (χ0v) is 11.8. The van der Waals surface area contributed by atoms with Crippen LogP contribution in [0.2, 0.25) is 0 Å². The Morgan fingerprint density at radius 2 is 2.17 bits per heavy atom. The Labute approximate surface area is 112 Å². The van der Waals surface area contributed by atoms with Gasteiger partial charge >= 0.3 is 0 Å². The quantitative estimate of drug-likeness (QED) is 0.831. The van der Waals surface area contributed by atoms with Crippen LogP contribution in [0.5, 0.6) is 0 Å². The van der Waals surface area contributed by atoms with E-state index in [4.69, 9.17) is 5.73 Å². The zero-order valence-electron chi connectivity index (χ0n) is 11.0. The average Bonchev–Trinajstić information content (AvgIpc) is 2.77. The van der Waals surface area contributed by atoms with E-state index >= 15 is 0 Å². The van der Waals surface area contributed by atoms with Gasteiger partial charge in [0.05, 0.1) is 6.04 Å². The minimum absolute atomic E-state index is 0.279. The molecular weight excluding hydrogens is 242 g/mol. The molecule has 0 aliphatic heterocycles. The first kappa shape index (κ1) is 13.1. The van der Waals surface area contributed by atoms with Gasteiger partial charge in [-0.2, -0.15) is 0 Å². The van der Waals surface area contributed by atoms with Crippen LogP contribution in [0, 0.1) is 13.8 Å². The molecule has 0 aliphatic rings. The van der Waals surface area contributed by atoms with Gasteiger partial charge in [-0.1, -0.05) is 12.1 Å². The first-order valence-corrected chi connectivity index (χ1v) is 6.88. The van der Waals surface area contributed by atoms with E-state index in [9.17, 15) is 0 Å². The number of thiazole rings is 1. The highest BCUT2D eigenvalue weighted by Crippen LogP contribution is 2.20. The van der Waals surface area contributed by atoms with Gasteiger partial charge in [0, 0.05) is 23.3 Å². The number of nitrogens with two attached hydrogens (primary N) is 1. The molecule has 2 aromatic rings. The summed E-state index contributed by atoms with van der Waals surface area (Å²) in [5.74, 6) is 0. The molecule has 0 saturated heterocycles. The monoisotopic (exact) mass is 261 g/mol. The Morgan fingerprint density at radius 3 is 2.78 bits per heavy atom. The van der Waals surface area contributed by atoms with E-state index < -0.39 is 0 Å². The van der Waals surface area contributed by atoms with E-state index in [1.54, 1.807) is 11.3 Å². The van der Waals surface area contributed by atoms with Gasteiger partial charge in [-0.15, -0.1) is 11.3 Å². The van der Waals surface area contributed by atoms with Crippen molar-refractivity contribution in [3.05, 3.63) is 45.4 Å². The first-order chi connectivity index (χ1) is 8.56. The summed E-state index contributed by atoms with van der Waals surface area (Å²) in [5.41, 5.74) is 9.04. The Kier molecular flexibility index (Phi) is 3.99. The topological polar surface area (TPSA) is 50.9 Å². The average molecular weight is 261 g/mol. The maximum atomic E-state index is 5.81. The number of aromatic nitrogens is 1. The van der Waals surface area contributed by atoms with Crippen LogP contribution in [0.3, 0.4) is 0 Å². The Bertz CT molecular complexity index is 534. The zero-order chi connectivity index (χ0) is 13.1. The van der Waals surface area contributed by atoms with Gasteiger partial charge in [0.15, 0.2) is 0 Å². The largest absolute Gasteiger partial charge is 0.399 e. The van der Waals surface area contributed by atoms with Crippen LogP contribution in [-0.4, -0.2) is 4.98 Å². The van der Waals surface area contributed by atoms with Crippen LogP contribution in [0.25, 0.3) is 0 Å². The second kappa shape index (κ2) is 5.50. The summed E-state index contributed by atoms with van der Waals surface area (Å²) in [6.45, 7) is 7.09. The molecule has 2 rings (SSSR count). The fraction of sp³-hybridized carbons (Fsp3) is 0.357. The number of hydrogen-bond donors (Lipinski definition) is 2. The van der Waals surface area contributed by atoms with Gasteiger partial charge in [0.1, 0.15) is 5.01 Å². The summed E-state index contributed by atoms with van der Waals surface area (Å²) in [7, 11) is 0. The van der Waals surface area contributed by atoms with E-state index in [1.807, 2.05) is 19.2 Å². The summed E-state index contributed by atoms with van der Waals surface area (Å²) >= 11 is 1.74. The third-order valence-corrected chi connectivity index (χ3v) is 4.05. The second-order valence-electron chi connectivity index (χ2n) is 4.60. The van der Waals surface area contributed by atoms with E-state index in [-0.39, 0.29) is 6.04 Å². The van der Waals surface area contributed by atoms with Gasteiger partial charge in [-0.05, 0) is 38.0 Å². The van der Waals surface area contributed by atoms with Crippen molar-refractivity contribution in [2.75, 3.05) is 5.73 Å². The van der Waals surface area contributed by atoms with Gasteiger partial charge in [0.2, 0.25) is 0 Å². The fourth-order valence-electron chi connectivity index (χ4n) is 1.78. The minimum atomic E-state index is 0.279. The van der Waals surface area contributed by atoms with E-state index in [2.05, 4.69) is 36.3 Å². The fourth-order valence-corrected chi connectivity index (χ4v) is 2.58. The smallest absolute Gasteiger partial charge is 0.109 e. The highest BCUT2D eigenvalue weighted by Gasteiger charge is 2.08. The van der Waals surface area contributed by atoms with Gasteiger partial charge in [0.25, 0.3) is 0 Å². The summed E-state index contributed by atoms with van der Waals surface area (Å²) in [6, 6.07) is 6.43. The molecule has 0 saturated carbocycles. The molecule has 0 amide bonds. The first-order valence-electron chi connectivity index (χ1n) is 6.07. The van der Waals surface area contributed by atoms with E-state index in [0.717, 1.165) is 22.8 Å². The molecule has 1 aromatic heterocycles. The summed E-state index contributed by atoms with van der Waals surface area (Å²) in [5, 5.41) is 4.62. The molecular formula is C14H19N3S. The van der Waals surface area contributed by atoms with Crippen LogP contribution in [0.4, 0.5) is 5.69 Å². The van der Waals surface area contributed by atoms with Crippen LogP contribution in [-0.2, 0) is 6.54 Å². The molecule has 4 heteroatoms. The van der Waals surface area contributed by atoms with Crippen molar-refractivity contribution in [3.63, 3.8) is 0 Å². The number of nitrogens with one attached hydrogen (secondary N) is 1. The van der Waals surface area contributed by atoms with Gasteiger partial charge in [-0.3, -0.25) is 0 Å². The highest BCUT2D eigenvalue weighted by molar-refractivity contribution is 7.11. The molecule has 1 atom stereocenters. The molecule has 3 N–H and O–H groups in total. The summed E-state index contributed by atoms with van der Waals surface area (Å²) in [4.78, 5) is 5.65. The number of nitrogen functional groups attached to an aromatic ring is 1. The number of nitrogens with zero attached hydrogens (tertiary/aromatic N) is 1. The van der Waals surface area contributed by atoms with Crippen LogP contribution in [0.1, 0.15) is 34.0 Å². The Hall–Kier alpha value is -1.39. The predicted octanol–water partition coefficient (Wildman–Crippen LogP) is 3.19. The van der Waals surface area contributed by atoms with Crippen molar-refractivity contribution < 1.29 is 0 Å². The number of anilines is 1. The van der Waals surface area contributed by atoms with Crippen LogP contribution >= 0.6 is 11.3 Å². The standard InChI is InChI=1S/C14H19N3S/c1-9-6-12(4-5-13(9)15)8-16-11(3)14-17-7-10(2)18-14/h4-7,11,16H,8,15H2,1-3H3. The van der Waals surface area contributed by atoms with Gasteiger partial charge < -0.3 is 11.1 Å². The minimum Gasteiger partial charge on any atom is -0.399 e. The van der Waals surface area contributed by atoms with Crippen molar-refractivity contribution in [2.24, 2.45) is 0 Å². The summed E-state index contributed by atoms with van der Waals surface area (Å²) in [6.07, 6.45) is 1.92. The number of benzene rings is 1. The van der Waals surface area contributed by atoms with Crippen molar-refractivity contribution in [1.82, 2.24) is 10.3 Å². The molecule has 1 heterocycles. The lowest BCUT2D eigenvalue weighted by molar-refractivity contribution is 0.572. The van der Waals surface area contributed by atoms with Crippen LogP contribution in [0.15, 0.2) is 24.4 Å². The molecule has 18 heavy (non-hydrogen) atoms. The Balaban J connectivity index is 1.97. The molecule has 96 valence electrons. The van der Waals surface area contributed by atoms with Gasteiger partial charge in [-0.25, -0.2) is 4.98 Å². The number of aryl methyl sites for hydroxylation is 2. The number of rotatable bonds is 4. The third kappa shape index (κ3) is 3.09. The second-order valence-corrected chi connectivity index (χ2v) is 5.87. The maximum absolute atomic E-state index is 5.81. The number of hydrogen-bond acceptors (Lipinski definition) is 4. The lowest BCUT2D eigenvalue weighted by atomic mass is 10.1. The molecule has 0 radical (unpaired) electrons. The van der Waals surface area contributed by atoms with E-state index in [1.165, 1.54) is 10.4 Å². The maximum Gasteiger partial charge on any atom is 0.109 e. The molecule has 0 bridgehead atoms. The lowest BCUT2D eigenvalue weighted by Gasteiger charge is -2.12. The molecule has 1 aromatic carbocycles. The highest BCUT2D eigenvalue weighted by atomic mass is 32.1. The molecule has 0 spiro atoms. The van der Waals surface area contributed by atoms with Crippen molar-refractivity contribution in [1.29, 1.82) is 0 Å². The van der Waals surface area contributed by atoms with E-state index in [0.29, 0.717) is 0 Å². The van der Waals surface area contributed by atoms with Crippen molar-refractivity contribution >= 4 is 17.0 Å². The summed E-state index contributed by atoms with van der Waals surface area (Å²) < 4.78 is 0. The SMILES string of the molecule is Cc1cnc(C(C)NCc2ccc(N)c(C)c2)s1. The Morgan fingerprint density at radius 1 is 1.39 bits per heavy atom. The van der Waals surface area contributed by atoms with Crippen molar-refractivity contribution in [3.8, 4) is 0 Å². The van der Waals surface area contributed by atoms with Crippen molar-refractivity contribution in [2.45, 2.75) is 33.4 Å². The molecule has 1 unspecified atom stereocenters. The normalized spacial score (nSPS) is 12.6. The lowest BCUT2D eigenvalue weighted by Crippen LogP contribution is -2.18. The molecule has 0 fully saturated rings. The molecule has 0 aliphatic carbocycles. The molecule has 3 nitrogen and oxygen atoms in total. The predicted molar refractivity (Wildman–Crippen MR) is 77.7 cm³/mol. The third-order valence-electron chi connectivity index (χ3n) is 2.96. The van der Waals surface area contributed by atoms with Crippen LogP contribution < -0.4 is 11.1 Å².